The van der Waals surface area contributed by atoms with Crippen LogP contribution in [0.25, 0.3) is 0 Å². The van der Waals surface area contributed by atoms with Gasteiger partial charge in [0.25, 0.3) is 0 Å². The Bertz CT molecular complexity index is 258. The standard InChI is InChI=1S/C8H11ClN2/c1-5(2)8-6(9)3-4-7(10)11-8/h3-5H,1-2H3,(H2,10,11). The first-order valence-electron chi connectivity index (χ1n) is 3.53. The molecule has 0 atom stereocenters. The fraction of sp³-hybridized carbons (Fsp3) is 0.375. The molecule has 0 aliphatic carbocycles. The zero-order chi connectivity index (χ0) is 8.43. The van der Waals surface area contributed by atoms with E-state index in [2.05, 4.69) is 4.98 Å². The van der Waals surface area contributed by atoms with E-state index in [1.165, 1.54) is 0 Å². The summed E-state index contributed by atoms with van der Waals surface area (Å²) in [5.74, 6) is 0.851. The fourth-order valence-electron chi connectivity index (χ4n) is 0.879. The van der Waals surface area contributed by atoms with Gasteiger partial charge in [-0.15, -0.1) is 0 Å². The average molecular weight is 171 g/mol. The zero-order valence-electron chi connectivity index (χ0n) is 6.63. The van der Waals surface area contributed by atoms with E-state index in [-0.39, 0.29) is 0 Å². The molecule has 2 nitrogen and oxygen atoms in total. The number of aromatic nitrogens is 1. The summed E-state index contributed by atoms with van der Waals surface area (Å²) in [5, 5.41) is 0.689. The van der Waals surface area contributed by atoms with E-state index in [1.54, 1.807) is 12.1 Å². The van der Waals surface area contributed by atoms with Crippen LogP contribution in [0.1, 0.15) is 25.5 Å². The second-order valence-electron chi connectivity index (χ2n) is 2.76. The Morgan fingerprint density at radius 1 is 1.45 bits per heavy atom. The number of nitrogen functional groups attached to an aromatic ring is 1. The van der Waals surface area contributed by atoms with Gasteiger partial charge in [0.1, 0.15) is 5.82 Å². The average Bonchev–Trinajstić information content (AvgIpc) is 1.94. The molecular weight excluding hydrogens is 160 g/mol. The molecule has 3 heteroatoms. The van der Waals surface area contributed by atoms with Gasteiger partial charge in [-0.1, -0.05) is 25.4 Å². The maximum atomic E-state index is 5.87. The molecule has 0 unspecified atom stereocenters. The lowest BCUT2D eigenvalue weighted by atomic mass is 10.1. The van der Waals surface area contributed by atoms with Gasteiger partial charge in [-0.3, -0.25) is 0 Å². The van der Waals surface area contributed by atoms with E-state index in [9.17, 15) is 0 Å². The van der Waals surface area contributed by atoms with Crippen molar-refractivity contribution in [1.29, 1.82) is 0 Å². The molecule has 0 bridgehead atoms. The highest BCUT2D eigenvalue weighted by molar-refractivity contribution is 6.31. The summed E-state index contributed by atoms with van der Waals surface area (Å²) in [6.07, 6.45) is 0. The summed E-state index contributed by atoms with van der Waals surface area (Å²) in [7, 11) is 0. The van der Waals surface area contributed by atoms with Crippen LogP contribution in [0.4, 0.5) is 5.82 Å². The van der Waals surface area contributed by atoms with Crippen LogP contribution in [-0.4, -0.2) is 4.98 Å². The second-order valence-corrected chi connectivity index (χ2v) is 3.17. The quantitative estimate of drug-likeness (QED) is 0.703. The molecule has 60 valence electrons. The summed E-state index contributed by atoms with van der Waals surface area (Å²) in [6.45, 7) is 4.07. The first-order chi connectivity index (χ1) is 5.11. The molecule has 0 fully saturated rings. The largest absolute Gasteiger partial charge is 0.384 e. The molecule has 0 aliphatic rings. The molecule has 1 aromatic rings. The van der Waals surface area contributed by atoms with Crippen LogP contribution >= 0.6 is 11.6 Å². The van der Waals surface area contributed by atoms with Crippen molar-refractivity contribution in [2.24, 2.45) is 0 Å². The van der Waals surface area contributed by atoms with Gasteiger partial charge in [-0.05, 0) is 18.1 Å². The number of hydrogen-bond donors (Lipinski definition) is 1. The van der Waals surface area contributed by atoms with Crippen molar-refractivity contribution in [2.75, 3.05) is 5.73 Å². The molecule has 0 spiro atoms. The number of nitrogens with zero attached hydrogens (tertiary/aromatic N) is 1. The lowest BCUT2D eigenvalue weighted by Gasteiger charge is -2.06. The Balaban J connectivity index is 3.13. The molecule has 0 saturated heterocycles. The minimum Gasteiger partial charge on any atom is -0.384 e. The van der Waals surface area contributed by atoms with Crippen LogP contribution in [0.15, 0.2) is 12.1 Å². The Morgan fingerprint density at radius 3 is 2.55 bits per heavy atom. The Kier molecular flexibility index (Phi) is 2.35. The predicted octanol–water partition coefficient (Wildman–Crippen LogP) is 2.44. The third-order valence-electron chi connectivity index (χ3n) is 1.44. The van der Waals surface area contributed by atoms with Gasteiger partial charge in [0, 0.05) is 0 Å². The number of nitrogens with two attached hydrogens (primary N) is 1. The van der Waals surface area contributed by atoms with Gasteiger partial charge in [-0.2, -0.15) is 0 Å². The molecule has 1 rings (SSSR count). The van der Waals surface area contributed by atoms with Crippen LogP contribution in [0.5, 0.6) is 0 Å². The second kappa shape index (κ2) is 3.09. The summed E-state index contributed by atoms with van der Waals surface area (Å²) in [5.41, 5.74) is 6.36. The van der Waals surface area contributed by atoms with E-state index in [1.807, 2.05) is 13.8 Å². The highest BCUT2D eigenvalue weighted by atomic mass is 35.5. The molecule has 11 heavy (non-hydrogen) atoms. The normalized spacial score (nSPS) is 10.5. The van der Waals surface area contributed by atoms with Crippen LogP contribution in [0.3, 0.4) is 0 Å². The van der Waals surface area contributed by atoms with Gasteiger partial charge in [0.2, 0.25) is 0 Å². The molecule has 1 aromatic heterocycles. The van der Waals surface area contributed by atoms with Crippen molar-refractivity contribution < 1.29 is 0 Å². The van der Waals surface area contributed by atoms with Crippen LogP contribution < -0.4 is 5.73 Å². The van der Waals surface area contributed by atoms with Crippen LogP contribution in [-0.2, 0) is 0 Å². The monoisotopic (exact) mass is 170 g/mol. The minimum absolute atomic E-state index is 0.325. The van der Waals surface area contributed by atoms with E-state index >= 15 is 0 Å². The molecular formula is C8H11ClN2. The third kappa shape index (κ3) is 1.84. The van der Waals surface area contributed by atoms with Gasteiger partial charge < -0.3 is 5.73 Å². The first-order valence-corrected chi connectivity index (χ1v) is 3.91. The smallest absolute Gasteiger partial charge is 0.123 e. The predicted molar refractivity (Wildman–Crippen MR) is 47.7 cm³/mol. The van der Waals surface area contributed by atoms with Crippen LogP contribution in [0.2, 0.25) is 5.02 Å². The topological polar surface area (TPSA) is 38.9 Å². The van der Waals surface area contributed by atoms with Gasteiger partial charge in [0.15, 0.2) is 0 Å². The Hall–Kier alpha value is -0.760. The van der Waals surface area contributed by atoms with Gasteiger partial charge in [0.05, 0.1) is 10.7 Å². The van der Waals surface area contributed by atoms with E-state index < -0.39 is 0 Å². The number of rotatable bonds is 1. The lowest BCUT2D eigenvalue weighted by molar-refractivity contribution is 0.825. The SMILES string of the molecule is CC(C)c1nc(N)ccc1Cl. The molecule has 0 amide bonds. The minimum atomic E-state index is 0.325. The third-order valence-corrected chi connectivity index (χ3v) is 1.76. The van der Waals surface area contributed by atoms with Crippen molar-refractivity contribution in [3.05, 3.63) is 22.8 Å². The Labute approximate surface area is 71.4 Å². The van der Waals surface area contributed by atoms with E-state index in [0.717, 1.165) is 5.69 Å². The van der Waals surface area contributed by atoms with Crippen molar-refractivity contribution in [1.82, 2.24) is 4.98 Å². The van der Waals surface area contributed by atoms with Crippen molar-refractivity contribution in [3.63, 3.8) is 0 Å². The summed E-state index contributed by atoms with van der Waals surface area (Å²) >= 11 is 5.87. The lowest BCUT2D eigenvalue weighted by Crippen LogP contribution is -1.97. The number of anilines is 1. The molecule has 0 radical (unpaired) electrons. The van der Waals surface area contributed by atoms with E-state index in [0.29, 0.717) is 16.8 Å². The zero-order valence-corrected chi connectivity index (χ0v) is 7.39. The van der Waals surface area contributed by atoms with E-state index in [4.69, 9.17) is 17.3 Å². The van der Waals surface area contributed by atoms with Crippen molar-refractivity contribution in [2.45, 2.75) is 19.8 Å². The summed E-state index contributed by atoms with van der Waals surface area (Å²) in [6, 6.07) is 3.48. The molecule has 1 heterocycles. The first kappa shape index (κ1) is 8.34. The maximum absolute atomic E-state index is 5.87. The molecule has 2 N–H and O–H groups in total. The highest BCUT2D eigenvalue weighted by Crippen LogP contribution is 2.22. The van der Waals surface area contributed by atoms with Gasteiger partial charge in [-0.25, -0.2) is 4.98 Å². The molecule has 0 aromatic carbocycles. The summed E-state index contributed by atoms with van der Waals surface area (Å²) < 4.78 is 0. The number of hydrogen-bond acceptors (Lipinski definition) is 2. The number of pyridine rings is 1. The fourth-order valence-corrected chi connectivity index (χ4v) is 1.20. The van der Waals surface area contributed by atoms with Gasteiger partial charge >= 0.3 is 0 Å². The maximum Gasteiger partial charge on any atom is 0.123 e. The highest BCUT2D eigenvalue weighted by Gasteiger charge is 2.05. The molecule has 0 aliphatic heterocycles. The Morgan fingerprint density at radius 2 is 2.09 bits per heavy atom. The molecule has 0 saturated carbocycles. The van der Waals surface area contributed by atoms with Crippen molar-refractivity contribution >= 4 is 17.4 Å². The number of halogens is 1. The summed E-state index contributed by atoms with van der Waals surface area (Å²) in [4.78, 5) is 4.12. The van der Waals surface area contributed by atoms with Crippen molar-refractivity contribution in [3.8, 4) is 0 Å². The van der Waals surface area contributed by atoms with Crippen LogP contribution in [0, 0.1) is 0 Å².